The van der Waals surface area contributed by atoms with Gasteiger partial charge in [-0.05, 0) is 24.3 Å². The molecule has 0 unspecified atom stereocenters. The van der Waals surface area contributed by atoms with Crippen LogP contribution in [-0.4, -0.2) is 16.1 Å². The summed E-state index contributed by atoms with van der Waals surface area (Å²) in [6.07, 6.45) is 1.66. The zero-order chi connectivity index (χ0) is 20.2. The number of carbonyl (C=O) groups is 1. The van der Waals surface area contributed by atoms with Crippen LogP contribution >= 0.6 is 11.3 Å². The summed E-state index contributed by atoms with van der Waals surface area (Å²) in [5, 5.41) is 21.1. The third-order valence-corrected chi connectivity index (χ3v) is 5.13. The summed E-state index contributed by atoms with van der Waals surface area (Å²) in [6, 6.07) is 22.0. The van der Waals surface area contributed by atoms with E-state index in [2.05, 4.69) is 11.1 Å². The molecule has 2 aromatic heterocycles. The number of nitrogens with zero attached hydrogens (tertiary/aromatic N) is 2. The lowest BCUT2D eigenvalue weighted by atomic mass is 10.1. The Morgan fingerprint density at radius 2 is 1.79 bits per heavy atom. The SMILES string of the molecule is N#C/C(=C\c1ccc(-c2ccc(C(=O)O)cc2)o1)c1nc(-c2ccccc2)cs1. The monoisotopic (exact) mass is 398 g/mol. The smallest absolute Gasteiger partial charge is 0.335 e. The standard InChI is InChI=1S/C23H14N2O3S/c24-13-18(22-25-20(14-29-22)15-4-2-1-3-5-15)12-19-10-11-21(28-19)16-6-8-17(9-7-16)23(26)27/h1-12,14H,(H,26,27)/b18-12+. The minimum atomic E-state index is -0.975. The lowest BCUT2D eigenvalue weighted by molar-refractivity contribution is 0.0697. The highest BCUT2D eigenvalue weighted by atomic mass is 32.1. The van der Waals surface area contributed by atoms with Crippen LogP contribution in [0.5, 0.6) is 0 Å². The lowest BCUT2D eigenvalue weighted by Crippen LogP contribution is -1.94. The van der Waals surface area contributed by atoms with Crippen molar-refractivity contribution in [2.45, 2.75) is 0 Å². The number of furan rings is 1. The second kappa shape index (κ2) is 7.97. The van der Waals surface area contributed by atoms with Crippen LogP contribution in [0.4, 0.5) is 0 Å². The number of aromatic nitrogens is 1. The van der Waals surface area contributed by atoms with E-state index in [1.165, 1.54) is 23.5 Å². The molecule has 0 aliphatic carbocycles. The van der Waals surface area contributed by atoms with Crippen molar-refractivity contribution in [3.05, 3.63) is 88.4 Å². The molecule has 0 amide bonds. The number of nitriles is 1. The first-order chi connectivity index (χ1) is 14.1. The number of allylic oxidation sites excluding steroid dienone is 1. The highest BCUT2D eigenvalue weighted by molar-refractivity contribution is 7.11. The summed E-state index contributed by atoms with van der Waals surface area (Å²) in [7, 11) is 0. The second-order valence-corrected chi connectivity index (χ2v) is 7.02. The van der Waals surface area contributed by atoms with Crippen molar-refractivity contribution in [3.63, 3.8) is 0 Å². The van der Waals surface area contributed by atoms with Crippen LogP contribution in [0.15, 0.2) is 76.5 Å². The lowest BCUT2D eigenvalue weighted by Gasteiger charge is -1.98. The fourth-order valence-corrected chi connectivity index (χ4v) is 3.58. The number of hydrogen-bond acceptors (Lipinski definition) is 5. The van der Waals surface area contributed by atoms with Gasteiger partial charge in [0.1, 0.15) is 22.6 Å². The van der Waals surface area contributed by atoms with E-state index in [4.69, 9.17) is 9.52 Å². The van der Waals surface area contributed by atoms with Gasteiger partial charge in [-0.15, -0.1) is 11.3 Å². The first kappa shape index (κ1) is 18.4. The van der Waals surface area contributed by atoms with E-state index in [1.54, 1.807) is 30.3 Å². The fraction of sp³-hybridized carbons (Fsp3) is 0. The van der Waals surface area contributed by atoms with Crippen LogP contribution in [0.3, 0.4) is 0 Å². The Labute approximate surface area is 170 Å². The zero-order valence-corrected chi connectivity index (χ0v) is 15.9. The van der Waals surface area contributed by atoms with Crippen LogP contribution in [0.2, 0.25) is 0 Å². The molecule has 0 saturated heterocycles. The topological polar surface area (TPSA) is 87.1 Å². The quantitative estimate of drug-likeness (QED) is 0.427. The van der Waals surface area contributed by atoms with Gasteiger partial charge in [0.15, 0.2) is 0 Å². The molecule has 0 bridgehead atoms. The van der Waals surface area contributed by atoms with Gasteiger partial charge in [-0.2, -0.15) is 5.26 Å². The molecule has 1 N–H and O–H groups in total. The van der Waals surface area contributed by atoms with Crippen molar-refractivity contribution < 1.29 is 14.3 Å². The zero-order valence-electron chi connectivity index (χ0n) is 15.1. The minimum absolute atomic E-state index is 0.213. The van der Waals surface area contributed by atoms with E-state index in [1.807, 2.05) is 35.7 Å². The first-order valence-electron chi connectivity index (χ1n) is 8.71. The maximum Gasteiger partial charge on any atom is 0.335 e. The van der Waals surface area contributed by atoms with E-state index in [0.29, 0.717) is 22.1 Å². The second-order valence-electron chi connectivity index (χ2n) is 6.16. The summed E-state index contributed by atoms with van der Waals surface area (Å²) in [4.78, 5) is 15.5. The molecular weight excluding hydrogens is 384 g/mol. The van der Waals surface area contributed by atoms with E-state index in [-0.39, 0.29) is 5.56 Å². The van der Waals surface area contributed by atoms with Crippen molar-refractivity contribution >= 4 is 29.0 Å². The van der Waals surface area contributed by atoms with Crippen LogP contribution in [-0.2, 0) is 0 Å². The van der Waals surface area contributed by atoms with Gasteiger partial charge in [-0.1, -0.05) is 42.5 Å². The highest BCUT2D eigenvalue weighted by Crippen LogP contribution is 2.29. The molecule has 0 spiro atoms. The molecule has 4 aromatic rings. The molecule has 0 fully saturated rings. The van der Waals surface area contributed by atoms with Crippen molar-refractivity contribution in [3.8, 4) is 28.7 Å². The van der Waals surface area contributed by atoms with Crippen molar-refractivity contribution in [1.82, 2.24) is 4.98 Å². The Balaban J connectivity index is 1.59. The number of hydrogen-bond donors (Lipinski definition) is 1. The summed E-state index contributed by atoms with van der Waals surface area (Å²) in [5.74, 6) is 0.140. The molecule has 0 saturated carbocycles. The molecule has 0 aliphatic rings. The predicted octanol–water partition coefficient (Wildman–Crippen LogP) is 5.83. The summed E-state index contributed by atoms with van der Waals surface area (Å²) in [5.41, 5.74) is 3.21. The molecule has 6 heteroatoms. The molecular formula is C23H14N2O3S. The molecule has 0 atom stereocenters. The molecule has 140 valence electrons. The minimum Gasteiger partial charge on any atom is -0.478 e. The van der Waals surface area contributed by atoms with Gasteiger partial charge >= 0.3 is 5.97 Å². The molecule has 2 heterocycles. The Bertz CT molecular complexity index is 1230. The van der Waals surface area contributed by atoms with Gasteiger partial charge in [0.2, 0.25) is 0 Å². The van der Waals surface area contributed by atoms with Gasteiger partial charge in [0.25, 0.3) is 0 Å². The summed E-state index contributed by atoms with van der Waals surface area (Å²) < 4.78 is 5.82. The first-order valence-corrected chi connectivity index (χ1v) is 9.59. The largest absolute Gasteiger partial charge is 0.478 e. The Kier molecular flexibility index (Phi) is 5.06. The van der Waals surface area contributed by atoms with Gasteiger partial charge in [-0.3, -0.25) is 0 Å². The van der Waals surface area contributed by atoms with Gasteiger partial charge < -0.3 is 9.52 Å². The Morgan fingerprint density at radius 1 is 1.03 bits per heavy atom. The number of carboxylic acid groups (broad SMARTS) is 1. The van der Waals surface area contributed by atoms with Crippen molar-refractivity contribution in [2.75, 3.05) is 0 Å². The van der Waals surface area contributed by atoms with Crippen LogP contribution < -0.4 is 0 Å². The maximum absolute atomic E-state index is 11.0. The molecule has 0 radical (unpaired) electrons. The summed E-state index contributed by atoms with van der Waals surface area (Å²) >= 11 is 1.40. The average molecular weight is 398 g/mol. The number of benzene rings is 2. The molecule has 29 heavy (non-hydrogen) atoms. The normalized spacial score (nSPS) is 11.2. The van der Waals surface area contributed by atoms with Gasteiger partial charge in [0.05, 0.1) is 16.8 Å². The number of carboxylic acids is 1. The van der Waals surface area contributed by atoms with Crippen LogP contribution in [0.25, 0.3) is 34.2 Å². The van der Waals surface area contributed by atoms with E-state index >= 15 is 0 Å². The maximum atomic E-state index is 11.0. The number of thiazole rings is 1. The molecule has 5 nitrogen and oxygen atoms in total. The molecule has 2 aromatic carbocycles. The Morgan fingerprint density at radius 3 is 2.48 bits per heavy atom. The third-order valence-electron chi connectivity index (χ3n) is 4.25. The van der Waals surface area contributed by atoms with E-state index in [9.17, 15) is 10.1 Å². The van der Waals surface area contributed by atoms with Crippen LogP contribution in [0, 0.1) is 11.3 Å². The Hall–Kier alpha value is -3.95. The average Bonchev–Trinajstić information content (AvgIpc) is 3.43. The van der Waals surface area contributed by atoms with E-state index < -0.39 is 5.97 Å². The van der Waals surface area contributed by atoms with E-state index in [0.717, 1.165) is 16.8 Å². The third kappa shape index (κ3) is 4.00. The summed E-state index contributed by atoms with van der Waals surface area (Å²) in [6.45, 7) is 0. The van der Waals surface area contributed by atoms with Gasteiger partial charge in [0, 0.05) is 22.6 Å². The number of rotatable bonds is 5. The van der Waals surface area contributed by atoms with Crippen molar-refractivity contribution in [2.24, 2.45) is 0 Å². The fourth-order valence-electron chi connectivity index (χ4n) is 2.79. The highest BCUT2D eigenvalue weighted by Gasteiger charge is 2.11. The molecule has 4 rings (SSSR count). The van der Waals surface area contributed by atoms with Crippen molar-refractivity contribution in [1.29, 1.82) is 5.26 Å². The predicted molar refractivity (Wildman–Crippen MR) is 112 cm³/mol. The van der Waals surface area contributed by atoms with Crippen LogP contribution in [0.1, 0.15) is 21.1 Å². The molecule has 0 aliphatic heterocycles. The van der Waals surface area contributed by atoms with Gasteiger partial charge in [-0.25, -0.2) is 9.78 Å². The number of aromatic carboxylic acids is 1.